The predicted octanol–water partition coefficient (Wildman–Crippen LogP) is 1.88. The van der Waals surface area contributed by atoms with Crippen molar-refractivity contribution >= 4 is 25.4 Å². The molecule has 0 aliphatic rings. The van der Waals surface area contributed by atoms with Gasteiger partial charge in [0.05, 0.1) is 0 Å². The van der Waals surface area contributed by atoms with E-state index in [0.717, 1.165) is 4.46 Å². The van der Waals surface area contributed by atoms with E-state index < -0.39 is 0 Å². The van der Waals surface area contributed by atoms with Gasteiger partial charge in [-0.3, -0.25) is 0 Å². The molecule has 1 rings (SSSR count). The molecule has 14 heavy (non-hydrogen) atoms. The number of benzene rings is 1. The van der Waals surface area contributed by atoms with Crippen molar-refractivity contribution in [3.63, 3.8) is 0 Å². The molecule has 2 nitrogen and oxygen atoms in total. The van der Waals surface area contributed by atoms with Gasteiger partial charge in [-0.1, -0.05) is 7.43 Å². The van der Waals surface area contributed by atoms with Gasteiger partial charge in [-0.25, -0.2) is 0 Å². The molecule has 0 fully saturated rings. The Balaban J connectivity index is 0.00000169. The zero-order valence-corrected chi connectivity index (χ0v) is 9.45. The molecular weight excluding hydrogens is 243 g/mol. The van der Waals surface area contributed by atoms with Crippen molar-refractivity contribution in [1.29, 1.82) is 0 Å². The fourth-order valence-corrected chi connectivity index (χ4v) is 2.25. The first-order valence-corrected chi connectivity index (χ1v) is 6.66. The Labute approximate surface area is 91.8 Å². The molecule has 0 saturated carbocycles. The van der Waals surface area contributed by atoms with Crippen LogP contribution in [0.4, 0.5) is 0 Å². The number of carbonyl (C=O) groups excluding carboxylic acids is 1. The summed E-state index contributed by atoms with van der Waals surface area (Å²) in [5, 5.41) is 0. The average Bonchev–Trinajstić information content (AvgIpc) is 2.18. The normalized spacial score (nSPS) is 9.00. The van der Waals surface area contributed by atoms with E-state index in [1.54, 1.807) is 0 Å². The molecule has 0 heterocycles. The Morgan fingerprint density at radius 3 is 2.64 bits per heavy atom. The SMILES string of the molecule is C.CCOC(=O)c1ccccc1[Se]C. The first kappa shape index (κ1) is 13.2. The molecule has 0 unspecified atom stereocenters. The quantitative estimate of drug-likeness (QED) is 0.612. The second-order valence-electron chi connectivity index (χ2n) is 2.42. The molecular formula is C11H16O2Se. The number of rotatable bonds is 3. The van der Waals surface area contributed by atoms with E-state index in [4.69, 9.17) is 4.74 Å². The molecule has 3 heteroatoms. The second kappa shape index (κ2) is 6.63. The molecule has 0 radical (unpaired) electrons. The van der Waals surface area contributed by atoms with Crippen molar-refractivity contribution in [2.45, 2.75) is 20.2 Å². The third kappa shape index (κ3) is 3.17. The molecule has 1 aromatic rings. The van der Waals surface area contributed by atoms with Gasteiger partial charge in [0.2, 0.25) is 0 Å². The van der Waals surface area contributed by atoms with Gasteiger partial charge in [0.1, 0.15) is 0 Å². The van der Waals surface area contributed by atoms with Crippen LogP contribution in [-0.4, -0.2) is 27.5 Å². The summed E-state index contributed by atoms with van der Waals surface area (Å²) in [4.78, 5) is 11.4. The molecule has 0 saturated heterocycles. The Kier molecular flexibility index (Phi) is 6.26. The molecule has 0 aliphatic carbocycles. The van der Waals surface area contributed by atoms with Crippen LogP contribution in [0.15, 0.2) is 24.3 Å². The van der Waals surface area contributed by atoms with Crippen LogP contribution < -0.4 is 4.46 Å². The van der Waals surface area contributed by atoms with Crippen molar-refractivity contribution in [2.24, 2.45) is 0 Å². The van der Waals surface area contributed by atoms with E-state index in [1.165, 1.54) is 0 Å². The van der Waals surface area contributed by atoms with E-state index in [-0.39, 0.29) is 13.4 Å². The minimum absolute atomic E-state index is 0. The number of esters is 1. The molecule has 0 aliphatic heterocycles. The monoisotopic (exact) mass is 260 g/mol. The maximum absolute atomic E-state index is 11.4. The van der Waals surface area contributed by atoms with Gasteiger partial charge >= 0.3 is 84.1 Å². The van der Waals surface area contributed by atoms with Crippen LogP contribution >= 0.6 is 0 Å². The summed E-state index contributed by atoms with van der Waals surface area (Å²) < 4.78 is 6.05. The maximum atomic E-state index is 11.4. The van der Waals surface area contributed by atoms with E-state index in [9.17, 15) is 4.79 Å². The molecule has 78 valence electrons. The van der Waals surface area contributed by atoms with Crippen molar-refractivity contribution < 1.29 is 9.53 Å². The summed E-state index contributed by atoms with van der Waals surface area (Å²) in [6.45, 7) is 2.25. The number of hydrogen-bond acceptors (Lipinski definition) is 2. The van der Waals surface area contributed by atoms with E-state index in [2.05, 4.69) is 5.82 Å². The topological polar surface area (TPSA) is 26.3 Å². The standard InChI is InChI=1S/C10H12O2Se.CH4/c1-3-12-10(11)8-6-4-5-7-9(8)13-2;/h4-7H,3H2,1-2H3;1H4. The first-order chi connectivity index (χ1) is 6.29. The third-order valence-corrected chi connectivity index (χ3v) is 3.27. The Morgan fingerprint density at radius 2 is 2.07 bits per heavy atom. The summed E-state index contributed by atoms with van der Waals surface area (Å²) >= 11 is 0.337. The zero-order chi connectivity index (χ0) is 9.68. The summed E-state index contributed by atoms with van der Waals surface area (Å²) in [7, 11) is 0. The van der Waals surface area contributed by atoms with Crippen LogP contribution in [0.25, 0.3) is 0 Å². The van der Waals surface area contributed by atoms with Crippen molar-refractivity contribution in [3.05, 3.63) is 29.8 Å². The fourth-order valence-electron chi connectivity index (χ4n) is 1.02. The first-order valence-electron chi connectivity index (χ1n) is 4.09. The molecule has 0 bridgehead atoms. The van der Waals surface area contributed by atoms with E-state index in [0.29, 0.717) is 27.1 Å². The van der Waals surface area contributed by atoms with E-state index in [1.807, 2.05) is 31.2 Å². The van der Waals surface area contributed by atoms with Crippen molar-refractivity contribution in [3.8, 4) is 0 Å². The van der Waals surface area contributed by atoms with Crippen LogP contribution in [0.5, 0.6) is 0 Å². The van der Waals surface area contributed by atoms with Gasteiger partial charge in [-0.05, 0) is 0 Å². The molecule has 0 amide bonds. The second-order valence-corrected chi connectivity index (χ2v) is 4.20. The van der Waals surface area contributed by atoms with Gasteiger partial charge < -0.3 is 0 Å². The Hall–Kier alpha value is -0.791. The van der Waals surface area contributed by atoms with Crippen LogP contribution in [0.2, 0.25) is 5.82 Å². The zero-order valence-electron chi connectivity index (χ0n) is 7.74. The summed E-state index contributed by atoms with van der Waals surface area (Å²) in [6.07, 6.45) is 0. The third-order valence-electron chi connectivity index (χ3n) is 1.60. The van der Waals surface area contributed by atoms with Crippen LogP contribution in [0.1, 0.15) is 24.7 Å². The number of hydrogen-bond donors (Lipinski definition) is 0. The summed E-state index contributed by atoms with van der Waals surface area (Å²) in [5.41, 5.74) is 0.715. The number of carbonyl (C=O) groups is 1. The van der Waals surface area contributed by atoms with Gasteiger partial charge in [0, 0.05) is 0 Å². The Bertz CT molecular complexity index is 297. The molecule has 0 N–H and O–H groups in total. The van der Waals surface area contributed by atoms with Gasteiger partial charge in [-0.15, -0.1) is 0 Å². The number of ether oxygens (including phenoxy) is 1. The van der Waals surface area contributed by atoms with Crippen LogP contribution in [0.3, 0.4) is 0 Å². The van der Waals surface area contributed by atoms with Crippen LogP contribution in [-0.2, 0) is 4.74 Å². The minimum atomic E-state index is -0.207. The molecule has 0 spiro atoms. The molecule has 0 atom stereocenters. The fraction of sp³-hybridized carbons (Fsp3) is 0.364. The summed E-state index contributed by atoms with van der Waals surface area (Å²) in [6, 6.07) is 7.61. The predicted molar refractivity (Wildman–Crippen MR) is 60.4 cm³/mol. The Morgan fingerprint density at radius 1 is 1.43 bits per heavy atom. The summed E-state index contributed by atoms with van der Waals surface area (Å²) in [5.74, 6) is 1.88. The molecule has 0 aromatic heterocycles. The van der Waals surface area contributed by atoms with E-state index >= 15 is 0 Å². The van der Waals surface area contributed by atoms with Gasteiger partial charge in [0.25, 0.3) is 0 Å². The molecule has 1 aromatic carbocycles. The average molecular weight is 259 g/mol. The van der Waals surface area contributed by atoms with Crippen molar-refractivity contribution in [2.75, 3.05) is 6.61 Å². The van der Waals surface area contributed by atoms with Gasteiger partial charge in [-0.2, -0.15) is 0 Å². The van der Waals surface area contributed by atoms with Crippen LogP contribution in [0, 0.1) is 0 Å². The van der Waals surface area contributed by atoms with Gasteiger partial charge in [0.15, 0.2) is 0 Å². The van der Waals surface area contributed by atoms with Crippen molar-refractivity contribution in [1.82, 2.24) is 0 Å².